The summed E-state index contributed by atoms with van der Waals surface area (Å²) in [4.78, 5) is 1.10. The van der Waals surface area contributed by atoms with Crippen LogP contribution in [0.1, 0.15) is 23.1 Å². The Morgan fingerprint density at radius 2 is 1.95 bits per heavy atom. The molecule has 2 rings (SSSR count). The van der Waals surface area contributed by atoms with Crippen molar-refractivity contribution in [2.45, 2.75) is 29.7 Å². The average molecular weight is 342 g/mol. The monoisotopic (exact) mass is 342 g/mol. The van der Waals surface area contributed by atoms with Crippen molar-refractivity contribution >= 4 is 21.8 Å². The summed E-state index contributed by atoms with van der Waals surface area (Å²) in [7, 11) is -3.76. The summed E-state index contributed by atoms with van der Waals surface area (Å²) in [5.41, 5.74) is 0.947. The first-order chi connectivity index (χ1) is 10.3. The van der Waals surface area contributed by atoms with E-state index in [1.54, 1.807) is 30.8 Å². The topological polar surface area (TPSA) is 92.4 Å². The van der Waals surface area contributed by atoms with Crippen LogP contribution in [0.2, 0.25) is 0 Å². The third kappa shape index (κ3) is 3.70. The van der Waals surface area contributed by atoms with Gasteiger partial charge < -0.3 is 9.63 Å². The Bertz CT molecular complexity index is 719. The Balaban J connectivity index is 2.08. The SMILES string of the molecule is CSc1ccc([C@H](O)CNS(=O)(=O)c2c(C)noc2C)cc1. The minimum atomic E-state index is -3.76. The summed E-state index contributed by atoms with van der Waals surface area (Å²) in [6.45, 7) is 2.97. The molecule has 0 amide bonds. The van der Waals surface area contributed by atoms with Crippen molar-refractivity contribution < 1.29 is 18.0 Å². The lowest BCUT2D eigenvalue weighted by molar-refractivity contribution is 0.182. The van der Waals surface area contributed by atoms with E-state index in [2.05, 4.69) is 9.88 Å². The molecule has 1 atom stereocenters. The summed E-state index contributed by atoms with van der Waals surface area (Å²) < 4.78 is 31.7. The lowest BCUT2D eigenvalue weighted by Crippen LogP contribution is -2.29. The first-order valence-electron chi connectivity index (χ1n) is 6.59. The summed E-state index contributed by atoms with van der Waals surface area (Å²) in [6, 6.07) is 7.32. The fourth-order valence-electron chi connectivity index (χ4n) is 2.06. The zero-order chi connectivity index (χ0) is 16.3. The molecule has 120 valence electrons. The molecule has 0 aliphatic carbocycles. The van der Waals surface area contributed by atoms with Crippen LogP contribution in [0.25, 0.3) is 0 Å². The Morgan fingerprint density at radius 1 is 1.32 bits per heavy atom. The average Bonchev–Trinajstić information content (AvgIpc) is 2.84. The Hall–Kier alpha value is -1.35. The van der Waals surface area contributed by atoms with Crippen molar-refractivity contribution in [1.82, 2.24) is 9.88 Å². The number of sulfonamides is 1. The van der Waals surface area contributed by atoms with Crippen LogP contribution < -0.4 is 4.72 Å². The molecular weight excluding hydrogens is 324 g/mol. The highest BCUT2D eigenvalue weighted by atomic mass is 32.2. The molecule has 1 heterocycles. The van der Waals surface area contributed by atoms with Gasteiger partial charge in [0.2, 0.25) is 10.0 Å². The molecule has 0 saturated heterocycles. The third-order valence-corrected chi connectivity index (χ3v) is 5.61. The van der Waals surface area contributed by atoms with Gasteiger partial charge >= 0.3 is 0 Å². The van der Waals surface area contributed by atoms with E-state index in [0.29, 0.717) is 11.3 Å². The van der Waals surface area contributed by atoms with Gasteiger partial charge in [0, 0.05) is 11.4 Å². The lowest BCUT2D eigenvalue weighted by Gasteiger charge is -2.13. The Labute approximate surface area is 134 Å². The second-order valence-electron chi connectivity index (χ2n) is 4.79. The molecule has 8 heteroatoms. The predicted octanol–water partition coefficient (Wildman–Crippen LogP) is 2.03. The van der Waals surface area contributed by atoms with Crippen LogP contribution in [0.5, 0.6) is 0 Å². The molecule has 0 aliphatic heterocycles. The van der Waals surface area contributed by atoms with Crippen LogP contribution in [0.4, 0.5) is 0 Å². The second-order valence-corrected chi connectivity index (χ2v) is 7.38. The minimum absolute atomic E-state index is 0.0254. The van der Waals surface area contributed by atoms with Crippen LogP contribution in [0.3, 0.4) is 0 Å². The van der Waals surface area contributed by atoms with Crippen LogP contribution >= 0.6 is 11.8 Å². The van der Waals surface area contributed by atoms with Gasteiger partial charge in [-0.2, -0.15) is 0 Å². The van der Waals surface area contributed by atoms with Crippen molar-refractivity contribution in [3.63, 3.8) is 0 Å². The van der Waals surface area contributed by atoms with Gasteiger partial charge in [0.1, 0.15) is 10.6 Å². The van der Waals surface area contributed by atoms with E-state index in [1.165, 1.54) is 6.92 Å². The van der Waals surface area contributed by atoms with Crippen LogP contribution in [-0.4, -0.2) is 31.5 Å². The first-order valence-corrected chi connectivity index (χ1v) is 9.30. The number of aromatic nitrogens is 1. The van der Waals surface area contributed by atoms with E-state index in [-0.39, 0.29) is 17.2 Å². The molecule has 0 aliphatic rings. The summed E-state index contributed by atoms with van der Waals surface area (Å²) >= 11 is 1.60. The van der Waals surface area contributed by atoms with Gasteiger partial charge in [0.05, 0.1) is 6.10 Å². The van der Waals surface area contributed by atoms with Gasteiger partial charge in [-0.1, -0.05) is 17.3 Å². The number of benzene rings is 1. The maximum absolute atomic E-state index is 12.2. The summed E-state index contributed by atoms with van der Waals surface area (Å²) in [5, 5.41) is 13.7. The molecule has 22 heavy (non-hydrogen) atoms. The van der Waals surface area contributed by atoms with Crippen molar-refractivity contribution in [3.05, 3.63) is 41.3 Å². The molecule has 0 bridgehead atoms. The number of hydrogen-bond acceptors (Lipinski definition) is 6. The molecular formula is C14H18N2O4S2. The highest BCUT2D eigenvalue weighted by Gasteiger charge is 2.24. The lowest BCUT2D eigenvalue weighted by atomic mass is 10.1. The zero-order valence-corrected chi connectivity index (χ0v) is 14.2. The zero-order valence-electron chi connectivity index (χ0n) is 12.5. The minimum Gasteiger partial charge on any atom is -0.387 e. The van der Waals surface area contributed by atoms with Crippen molar-refractivity contribution in [1.29, 1.82) is 0 Å². The van der Waals surface area contributed by atoms with Crippen LogP contribution in [0.15, 0.2) is 38.6 Å². The number of rotatable bonds is 6. The Morgan fingerprint density at radius 3 is 2.45 bits per heavy atom. The summed E-state index contributed by atoms with van der Waals surface area (Å²) in [6.07, 6.45) is 1.04. The second kappa shape index (κ2) is 6.82. The molecule has 0 spiro atoms. The van der Waals surface area contributed by atoms with Crippen molar-refractivity contribution in [2.75, 3.05) is 12.8 Å². The Kier molecular flexibility index (Phi) is 5.28. The quantitative estimate of drug-likeness (QED) is 0.780. The van der Waals surface area contributed by atoms with E-state index in [0.717, 1.165) is 4.90 Å². The number of thioether (sulfide) groups is 1. The van der Waals surface area contributed by atoms with Gasteiger partial charge in [-0.25, -0.2) is 13.1 Å². The van der Waals surface area contributed by atoms with E-state index in [4.69, 9.17) is 4.52 Å². The van der Waals surface area contributed by atoms with Crippen molar-refractivity contribution in [2.24, 2.45) is 0 Å². The molecule has 0 unspecified atom stereocenters. The normalized spacial score (nSPS) is 13.3. The molecule has 2 N–H and O–H groups in total. The van der Waals surface area contributed by atoms with E-state index < -0.39 is 16.1 Å². The van der Waals surface area contributed by atoms with E-state index >= 15 is 0 Å². The van der Waals surface area contributed by atoms with Crippen LogP contribution in [0, 0.1) is 13.8 Å². The van der Waals surface area contributed by atoms with Crippen LogP contribution in [-0.2, 0) is 10.0 Å². The standard InChI is InChI=1S/C14H18N2O4S2/c1-9-14(10(2)20-16-9)22(18,19)15-8-13(17)11-4-6-12(21-3)7-5-11/h4-7,13,15,17H,8H2,1-3H3/t13-/m1/s1. The van der Waals surface area contributed by atoms with Gasteiger partial charge in [0.15, 0.2) is 5.76 Å². The van der Waals surface area contributed by atoms with Gasteiger partial charge in [-0.05, 0) is 37.8 Å². The van der Waals surface area contributed by atoms with Gasteiger partial charge in [0.25, 0.3) is 0 Å². The number of nitrogens with zero attached hydrogens (tertiary/aromatic N) is 1. The first kappa shape index (κ1) is 17.0. The maximum atomic E-state index is 12.2. The highest BCUT2D eigenvalue weighted by molar-refractivity contribution is 7.98. The fraction of sp³-hybridized carbons (Fsp3) is 0.357. The van der Waals surface area contributed by atoms with Gasteiger partial charge in [-0.3, -0.25) is 0 Å². The van der Waals surface area contributed by atoms with Crippen molar-refractivity contribution in [3.8, 4) is 0 Å². The predicted molar refractivity (Wildman–Crippen MR) is 84.3 cm³/mol. The largest absolute Gasteiger partial charge is 0.387 e. The maximum Gasteiger partial charge on any atom is 0.246 e. The number of nitrogens with one attached hydrogen (secondary N) is 1. The number of aliphatic hydroxyl groups is 1. The number of aliphatic hydroxyl groups excluding tert-OH is 1. The summed E-state index contributed by atoms with van der Waals surface area (Å²) in [5.74, 6) is 0.226. The number of aryl methyl sites for hydroxylation is 2. The molecule has 0 fully saturated rings. The van der Waals surface area contributed by atoms with E-state index in [9.17, 15) is 13.5 Å². The molecule has 1 aromatic carbocycles. The molecule has 6 nitrogen and oxygen atoms in total. The smallest absolute Gasteiger partial charge is 0.246 e. The third-order valence-electron chi connectivity index (χ3n) is 3.20. The van der Waals surface area contributed by atoms with Gasteiger partial charge in [-0.15, -0.1) is 11.8 Å². The van der Waals surface area contributed by atoms with E-state index in [1.807, 2.05) is 18.4 Å². The molecule has 1 aromatic heterocycles. The molecule has 0 saturated carbocycles. The molecule has 2 aromatic rings. The highest BCUT2D eigenvalue weighted by Crippen LogP contribution is 2.21. The molecule has 0 radical (unpaired) electrons. The number of hydrogen-bond donors (Lipinski definition) is 2. The fourth-order valence-corrected chi connectivity index (χ4v) is 3.83.